The van der Waals surface area contributed by atoms with Gasteiger partial charge in [0, 0.05) is 36.9 Å². The zero-order valence-electron chi connectivity index (χ0n) is 15.1. The summed E-state index contributed by atoms with van der Waals surface area (Å²) in [6.45, 7) is 4.84. The molecule has 8 heteroatoms. The molecule has 2 unspecified atom stereocenters. The zero-order valence-corrected chi connectivity index (χ0v) is 16.0. The fraction of sp³-hybridized carbons (Fsp3) is 0.500. The fourth-order valence-corrected chi connectivity index (χ4v) is 3.86. The Bertz CT molecular complexity index is 765. The highest BCUT2D eigenvalue weighted by Crippen LogP contribution is 2.33. The van der Waals surface area contributed by atoms with Crippen molar-refractivity contribution >= 4 is 27.9 Å². The first kappa shape index (κ1) is 19.0. The molecule has 1 aromatic carbocycles. The lowest BCUT2D eigenvalue weighted by Crippen LogP contribution is -2.41. The van der Waals surface area contributed by atoms with Gasteiger partial charge >= 0.3 is 0 Å². The molecule has 0 radical (unpaired) electrons. The van der Waals surface area contributed by atoms with Crippen LogP contribution in [-0.4, -0.2) is 40.5 Å². The van der Waals surface area contributed by atoms with E-state index in [9.17, 15) is 4.21 Å². The molecule has 7 nitrogen and oxygen atoms in total. The Labute approximate surface area is 156 Å². The first-order valence-electron chi connectivity index (χ1n) is 8.85. The van der Waals surface area contributed by atoms with E-state index in [4.69, 9.17) is 9.29 Å². The molecule has 26 heavy (non-hydrogen) atoms. The van der Waals surface area contributed by atoms with Gasteiger partial charge in [-0.3, -0.25) is 9.54 Å². The van der Waals surface area contributed by atoms with Gasteiger partial charge in [0.1, 0.15) is 5.75 Å². The SMILES string of the molecule is COc1ccc2nccc(N3CCC(C(C)CNNS(=O)O)CC3)c2c1. The lowest BCUT2D eigenvalue weighted by molar-refractivity contribution is 0.281. The number of fused-ring (bicyclic) bond motifs is 1. The van der Waals surface area contributed by atoms with Gasteiger partial charge < -0.3 is 9.64 Å². The van der Waals surface area contributed by atoms with Gasteiger partial charge in [-0.05, 0) is 48.9 Å². The Morgan fingerprint density at radius 3 is 2.85 bits per heavy atom. The molecular formula is C18H26N4O3S. The highest BCUT2D eigenvalue weighted by Gasteiger charge is 2.24. The van der Waals surface area contributed by atoms with E-state index in [1.54, 1.807) is 7.11 Å². The summed E-state index contributed by atoms with van der Waals surface area (Å²) in [7, 11) is 1.68. The van der Waals surface area contributed by atoms with Crippen molar-refractivity contribution < 1.29 is 13.5 Å². The van der Waals surface area contributed by atoms with E-state index in [1.807, 2.05) is 18.3 Å². The third-order valence-corrected chi connectivity index (χ3v) is 5.51. The monoisotopic (exact) mass is 378 g/mol. The minimum Gasteiger partial charge on any atom is -0.497 e. The van der Waals surface area contributed by atoms with Crippen LogP contribution in [0.5, 0.6) is 5.75 Å². The fourth-order valence-electron chi connectivity index (χ4n) is 3.65. The lowest BCUT2D eigenvalue weighted by Gasteiger charge is -2.36. The molecule has 0 amide bonds. The molecule has 3 rings (SSSR count). The number of nitrogens with one attached hydrogen (secondary N) is 2. The summed E-state index contributed by atoms with van der Waals surface area (Å²) in [4.78, 5) is 9.21. The van der Waals surface area contributed by atoms with Crippen LogP contribution in [0, 0.1) is 11.8 Å². The number of nitrogens with zero attached hydrogens (tertiary/aromatic N) is 2. The van der Waals surface area contributed by atoms with E-state index < -0.39 is 11.3 Å². The number of methoxy groups -OCH3 is 1. The van der Waals surface area contributed by atoms with Gasteiger partial charge in [-0.15, -0.1) is 0 Å². The minimum atomic E-state index is -2.02. The topological polar surface area (TPSA) is 86.7 Å². The van der Waals surface area contributed by atoms with E-state index >= 15 is 0 Å². The maximum absolute atomic E-state index is 10.6. The van der Waals surface area contributed by atoms with Crippen LogP contribution in [0.2, 0.25) is 0 Å². The van der Waals surface area contributed by atoms with Gasteiger partial charge in [-0.25, -0.2) is 9.63 Å². The van der Waals surface area contributed by atoms with Crippen molar-refractivity contribution in [3.8, 4) is 5.75 Å². The third kappa shape index (κ3) is 4.50. The maximum Gasteiger partial charge on any atom is 0.245 e. The molecule has 1 aromatic heterocycles. The van der Waals surface area contributed by atoms with Crippen LogP contribution in [0.3, 0.4) is 0 Å². The Hall–Kier alpha value is -1.74. The van der Waals surface area contributed by atoms with Crippen molar-refractivity contribution in [1.29, 1.82) is 0 Å². The van der Waals surface area contributed by atoms with Crippen LogP contribution < -0.4 is 19.9 Å². The number of hydrogen-bond acceptors (Lipinski definition) is 5. The molecule has 0 bridgehead atoms. The first-order valence-corrected chi connectivity index (χ1v) is 9.96. The maximum atomic E-state index is 10.6. The number of piperidine rings is 1. The predicted molar refractivity (Wildman–Crippen MR) is 104 cm³/mol. The normalized spacial score (nSPS) is 18.0. The highest BCUT2D eigenvalue weighted by atomic mass is 32.2. The van der Waals surface area contributed by atoms with Crippen molar-refractivity contribution in [3.05, 3.63) is 30.5 Å². The summed E-state index contributed by atoms with van der Waals surface area (Å²) in [5.74, 6) is 1.87. The smallest absolute Gasteiger partial charge is 0.245 e. The van der Waals surface area contributed by atoms with Crippen molar-refractivity contribution in [2.24, 2.45) is 11.8 Å². The summed E-state index contributed by atoms with van der Waals surface area (Å²) < 4.78 is 24.7. The van der Waals surface area contributed by atoms with E-state index in [-0.39, 0.29) is 0 Å². The Morgan fingerprint density at radius 1 is 1.38 bits per heavy atom. The van der Waals surface area contributed by atoms with Crippen LogP contribution in [0.15, 0.2) is 30.5 Å². The zero-order chi connectivity index (χ0) is 18.5. The quantitative estimate of drug-likeness (QED) is 0.506. The lowest BCUT2D eigenvalue weighted by atomic mass is 9.85. The highest BCUT2D eigenvalue weighted by molar-refractivity contribution is 7.77. The average Bonchev–Trinajstić information content (AvgIpc) is 2.67. The van der Waals surface area contributed by atoms with Gasteiger partial charge in [0.25, 0.3) is 0 Å². The standard InChI is InChI=1S/C18H26N4O3S/c1-13(12-20-21-26(23)24)14-6-9-22(10-7-14)18-5-8-19-17-4-3-15(25-2)11-16(17)18/h3-5,8,11,13-14,20-21H,6-7,9-10,12H2,1-2H3,(H,23,24). The molecule has 2 aromatic rings. The molecule has 1 aliphatic heterocycles. The largest absolute Gasteiger partial charge is 0.497 e. The summed E-state index contributed by atoms with van der Waals surface area (Å²) in [5, 5.41) is 1.12. The van der Waals surface area contributed by atoms with E-state index in [0.717, 1.165) is 42.6 Å². The molecule has 142 valence electrons. The molecule has 0 saturated carbocycles. The number of rotatable bonds is 7. The summed E-state index contributed by atoms with van der Waals surface area (Å²) in [5.41, 5.74) is 5.01. The summed E-state index contributed by atoms with van der Waals surface area (Å²) in [6, 6.07) is 8.06. The van der Waals surface area contributed by atoms with E-state index in [1.165, 1.54) is 5.69 Å². The molecule has 1 fully saturated rings. The molecular weight excluding hydrogens is 352 g/mol. The van der Waals surface area contributed by atoms with Crippen LogP contribution in [-0.2, 0) is 11.3 Å². The number of pyridine rings is 1. The third-order valence-electron chi connectivity index (χ3n) is 5.19. The van der Waals surface area contributed by atoms with Gasteiger partial charge in [0.05, 0.1) is 12.6 Å². The van der Waals surface area contributed by atoms with E-state index in [0.29, 0.717) is 18.4 Å². The molecule has 1 saturated heterocycles. The van der Waals surface area contributed by atoms with Gasteiger partial charge in [0.2, 0.25) is 11.3 Å². The van der Waals surface area contributed by atoms with Gasteiger partial charge in [0.15, 0.2) is 0 Å². The molecule has 1 aliphatic rings. The second-order valence-corrected chi connectivity index (χ2v) is 7.45. The Balaban J connectivity index is 1.65. The number of hydrogen-bond donors (Lipinski definition) is 3. The van der Waals surface area contributed by atoms with Crippen molar-refractivity contribution in [2.75, 3.05) is 31.6 Å². The summed E-state index contributed by atoms with van der Waals surface area (Å²) >= 11 is -2.02. The van der Waals surface area contributed by atoms with Crippen molar-refractivity contribution in [1.82, 2.24) is 15.2 Å². The number of hydrazine groups is 1. The summed E-state index contributed by atoms with van der Waals surface area (Å²) in [6.07, 6.45) is 4.06. The minimum absolute atomic E-state index is 0.433. The number of anilines is 1. The van der Waals surface area contributed by atoms with Crippen LogP contribution in [0.25, 0.3) is 10.9 Å². The first-order chi connectivity index (χ1) is 12.6. The van der Waals surface area contributed by atoms with Crippen molar-refractivity contribution in [2.45, 2.75) is 19.8 Å². The molecule has 2 atom stereocenters. The molecule has 0 aliphatic carbocycles. The van der Waals surface area contributed by atoms with Crippen LogP contribution in [0.4, 0.5) is 5.69 Å². The van der Waals surface area contributed by atoms with Gasteiger partial charge in [-0.1, -0.05) is 6.92 Å². The molecule has 3 N–H and O–H groups in total. The van der Waals surface area contributed by atoms with Crippen LogP contribution in [0.1, 0.15) is 19.8 Å². The van der Waals surface area contributed by atoms with E-state index in [2.05, 4.69) is 39.2 Å². The molecule has 0 spiro atoms. The second kappa shape index (κ2) is 8.77. The number of ether oxygens (including phenoxy) is 1. The second-order valence-electron chi connectivity index (χ2n) is 6.75. The molecule has 2 heterocycles. The van der Waals surface area contributed by atoms with Crippen molar-refractivity contribution in [3.63, 3.8) is 0 Å². The number of aromatic nitrogens is 1. The Kier molecular flexibility index (Phi) is 6.42. The van der Waals surface area contributed by atoms with Gasteiger partial charge in [-0.2, -0.15) is 4.83 Å². The Morgan fingerprint density at radius 2 is 2.15 bits per heavy atom. The average molecular weight is 378 g/mol. The predicted octanol–water partition coefficient (Wildman–Crippen LogP) is 2.33. The van der Waals surface area contributed by atoms with Crippen LogP contribution >= 0.6 is 0 Å². The number of benzene rings is 1.